The minimum absolute atomic E-state index is 0.284. The second-order valence-electron chi connectivity index (χ2n) is 5.27. The number of oxime groups is 1. The zero-order chi connectivity index (χ0) is 18.8. The first-order valence-corrected chi connectivity index (χ1v) is 8.68. The van der Waals surface area contributed by atoms with Crippen molar-refractivity contribution in [2.24, 2.45) is 5.16 Å². The zero-order valence-electron chi connectivity index (χ0n) is 14.6. The number of ether oxygens (including phenoxy) is 2. The van der Waals surface area contributed by atoms with Crippen LogP contribution in [0.1, 0.15) is 10.4 Å². The summed E-state index contributed by atoms with van der Waals surface area (Å²) in [5, 5.41) is 5.63. The molecule has 0 aliphatic carbocycles. The van der Waals surface area contributed by atoms with Crippen LogP contribution in [0.15, 0.2) is 46.9 Å². The molecule has 0 unspecified atom stereocenters. The van der Waals surface area contributed by atoms with Gasteiger partial charge < -0.3 is 19.2 Å². The van der Waals surface area contributed by atoms with Gasteiger partial charge in [-0.2, -0.15) is 0 Å². The Morgan fingerprint density at radius 3 is 2.62 bits per heavy atom. The summed E-state index contributed by atoms with van der Waals surface area (Å²) < 4.78 is 9.94. The van der Waals surface area contributed by atoms with E-state index in [1.165, 1.54) is 11.1 Å². The van der Waals surface area contributed by atoms with E-state index in [4.69, 9.17) is 14.3 Å². The van der Waals surface area contributed by atoms with E-state index in [2.05, 4.69) is 5.16 Å². The first-order valence-electron chi connectivity index (χ1n) is 7.80. The van der Waals surface area contributed by atoms with E-state index in [0.717, 1.165) is 16.2 Å². The highest BCUT2D eigenvalue weighted by Crippen LogP contribution is 2.11. The fraction of sp³-hybridized carbons (Fsp3) is 0.278. The van der Waals surface area contributed by atoms with Crippen LogP contribution in [0.4, 0.5) is 0 Å². The maximum atomic E-state index is 11.9. The molecule has 0 bridgehead atoms. The van der Waals surface area contributed by atoms with Gasteiger partial charge in [-0.15, -0.1) is 11.3 Å². The van der Waals surface area contributed by atoms with Crippen molar-refractivity contribution < 1.29 is 23.9 Å². The maximum Gasteiger partial charge on any atom is 0.347 e. The monoisotopic (exact) mass is 376 g/mol. The van der Waals surface area contributed by atoms with Crippen LogP contribution >= 0.6 is 11.3 Å². The van der Waals surface area contributed by atoms with Crippen LogP contribution in [0.2, 0.25) is 0 Å². The van der Waals surface area contributed by atoms with Crippen molar-refractivity contribution >= 4 is 29.4 Å². The van der Waals surface area contributed by atoms with Crippen molar-refractivity contribution in [1.82, 2.24) is 4.90 Å². The molecule has 0 aliphatic heterocycles. The molecule has 0 fully saturated rings. The first kappa shape index (κ1) is 19.5. The van der Waals surface area contributed by atoms with Gasteiger partial charge in [0.1, 0.15) is 5.75 Å². The van der Waals surface area contributed by atoms with Crippen LogP contribution in [0.25, 0.3) is 0 Å². The minimum atomic E-state index is -0.658. The second-order valence-corrected chi connectivity index (χ2v) is 6.30. The standard InChI is InChI=1S/C18H20N2O5S/c1-20(11-16-4-3-9-26-16)17(21)12-24-18(22)13-25-19-10-14-5-7-15(23-2)8-6-14/h3-10H,11-13H2,1-2H3/b19-10+. The molecular formula is C18H20N2O5S. The Kier molecular flexibility index (Phi) is 7.63. The van der Waals surface area contributed by atoms with Crippen molar-refractivity contribution in [3.63, 3.8) is 0 Å². The number of methoxy groups -OCH3 is 1. The highest BCUT2D eigenvalue weighted by atomic mass is 32.1. The van der Waals surface area contributed by atoms with Gasteiger partial charge in [-0.1, -0.05) is 11.2 Å². The molecule has 7 nitrogen and oxygen atoms in total. The summed E-state index contributed by atoms with van der Waals surface area (Å²) in [4.78, 5) is 30.9. The van der Waals surface area contributed by atoms with E-state index in [1.807, 2.05) is 17.5 Å². The predicted octanol–water partition coefficient (Wildman–Crippen LogP) is 2.31. The summed E-state index contributed by atoms with van der Waals surface area (Å²) in [6.45, 7) is -0.211. The van der Waals surface area contributed by atoms with Crippen LogP contribution in [0.3, 0.4) is 0 Å². The van der Waals surface area contributed by atoms with E-state index in [1.54, 1.807) is 49.8 Å². The molecule has 0 saturated carbocycles. The Morgan fingerprint density at radius 1 is 1.19 bits per heavy atom. The molecule has 1 heterocycles. The van der Waals surface area contributed by atoms with Crippen LogP contribution in [0, 0.1) is 0 Å². The van der Waals surface area contributed by atoms with Crippen LogP contribution in [0.5, 0.6) is 5.75 Å². The Balaban J connectivity index is 1.64. The van der Waals surface area contributed by atoms with Crippen LogP contribution in [-0.4, -0.2) is 50.4 Å². The SMILES string of the molecule is COc1ccc(/C=N/OCC(=O)OCC(=O)N(C)Cc2cccs2)cc1. The first-order chi connectivity index (χ1) is 12.6. The van der Waals surface area contributed by atoms with Crippen molar-refractivity contribution in [3.05, 3.63) is 52.2 Å². The van der Waals surface area contributed by atoms with Gasteiger partial charge in [0.15, 0.2) is 6.61 Å². The number of carbonyl (C=O) groups excluding carboxylic acids is 2. The fourth-order valence-electron chi connectivity index (χ4n) is 1.90. The Morgan fingerprint density at radius 2 is 1.96 bits per heavy atom. The third kappa shape index (κ3) is 6.56. The molecule has 0 saturated heterocycles. The van der Waals surface area contributed by atoms with E-state index < -0.39 is 5.97 Å². The minimum Gasteiger partial charge on any atom is -0.497 e. The van der Waals surface area contributed by atoms with Gasteiger partial charge in [0, 0.05) is 11.9 Å². The van der Waals surface area contributed by atoms with Crippen LogP contribution in [-0.2, 0) is 25.7 Å². The molecule has 1 aromatic heterocycles. The summed E-state index contributed by atoms with van der Waals surface area (Å²) >= 11 is 1.56. The molecule has 2 rings (SSSR count). The fourth-order valence-corrected chi connectivity index (χ4v) is 2.65. The molecule has 0 radical (unpaired) electrons. The number of likely N-dealkylation sites (N-methyl/N-ethyl adjacent to an activating group) is 1. The molecule has 0 N–H and O–H groups in total. The summed E-state index contributed by atoms with van der Waals surface area (Å²) in [7, 11) is 3.24. The van der Waals surface area contributed by atoms with Crippen molar-refractivity contribution in [3.8, 4) is 5.75 Å². The smallest absolute Gasteiger partial charge is 0.347 e. The quantitative estimate of drug-likeness (QED) is 0.381. The van der Waals surface area contributed by atoms with Gasteiger partial charge in [-0.25, -0.2) is 4.79 Å². The van der Waals surface area contributed by atoms with Crippen LogP contribution < -0.4 is 4.74 Å². The Labute approximate surface area is 155 Å². The van der Waals surface area contributed by atoms with E-state index in [9.17, 15) is 9.59 Å². The van der Waals surface area contributed by atoms with Gasteiger partial charge in [0.25, 0.3) is 5.91 Å². The van der Waals surface area contributed by atoms with Gasteiger partial charge in [-0.05, 0) is 41.3 Å². The summed E-state index contributed by atoms with van der Waals surface area (Å²) in [5.74, 6) is -0.205. The topological polar surface area (TPSA) is 77.4 Å². The molecule has 8 heteroatoms. The third-order valence-corrected chi connectivity index (χ3v) is 4.19. The molecule has 0 aliphatic rings. The number of esters is 1. The van der Waals surface area contributed by atoms with Crippen molar-refractivity contribution in [2.45, 2.75) is 6.54 Å². The summed E-state index contributed by atoms with van der Waals surface area (Å²) in [6, 6.07) is 11.0. The lowest BCUT2D eigenvalue weighted by atomic mass is 10.2. The van der Waals surface area contributed by atoms with Gasteiger partial charge >= 0.3 is 5.97 Å². The predicted molar refractivity (Wildman–Crippen MR) is 98.3 cm³/mol. The molecule has 138 valence electrons. The highest BCUT2D eigenvalue weighted by Gasteiger charge is 2.13. The van der Waals surface area contributed by atoms with E-state index in [-0.39, 0.29) is 19.1 Å². The molecular weight excluding hydrogens is 356 g/mol. The second kappa shape index (κ2) is 10.2. The lowest BCUT2D eigenvalue weighted by molar-refractivity contribution is -0.155. The van der Waals surface area contributed by atoms with Gasteiger partial charge in [0.05, 0.1) is 19.9 Å². The lowest BCUT2D eigenvalue weighted by Crippen LogP contribution is -2.31. The largest absolute Gasteiger partial charge is 0.497 e. The van der Waals surface area contributed by atoms with Crippen molar-refractivity contribution in [2.75, 3.05) is 27.4 Å². The lowest BCUT2D eigenvalue weighted by Gasteiger charge is -2.15. The Hall–Kier alpha value is -2.87. The zero-order valence-corrected chi connectivity index (χ0v) is 15.4. The average molecular weight is 376 g/mol. The van der Waals surface area contributed by atoms with E-state index >= 15 is 0 Å². The number of hydrogen-bond acceptors (Lipinski definition) is 7. The molecule has 0 spiro atoms. The molecule has 26 heavy (non-hydrogen) atoms. The summed E-state index contributed by atoms with van der Waals surface area (Å²) in [5.41, 5.74) is 0.796. The highest BCUT2D eigenvalue weighted by molar-refractivity contribution is 7.09. The van der Waals surface area contributed by atoms with Gasteiger partial charge in [-0.3, -0.25) is 4.79 Å². The average Bonchev–Trinajstić information content (AvgIpc) is 3.16. The number of benzene rings is 1. The van der Waals surface area contributed by atoms with E-state index in [0.29, 0.717) is 6.54 Å². The van der Waals surface area contributed by atoms with Crippen molar-refractivity contribution in [1.29, 1.82) is 0 Å². The number of amides is 1. The van der Waals surface area contributed by atoms with Gasteiger partial charge in [0.2, 0.25) is 6.61 Å². The number of rotatable bonds is 9. The summed E-state index contributed by atoms with van der Waals surface area (Å²) in [6.07, 6.45) is 1.46. The number of nitrogens with zero attached hydrogens (tertiary/aromatic N) is 2. The Bertz CT molecular complexity index is 729. The molecule has 2 aromatic rings. The number of carbonyl (C=O) groups is 2. The third-order valence-electron chi connectivity index (χ3n) is 3.33. The number of hydrogen-bond donors (Lipinski definition) is 0. The molecule has 0 atom stereocenters. The molecule has 1 aromatic carbocycles. The number of thiophene rings is 1. The maximum absolute atomic E-state index is 11.9. The normalized spacial score (nSPS) is 10.5. The molecule has 1 amide bonds.